The quantitative estimate of drug-likeness (QED) is 0.812. The van der Waals surface area contributed by atoms with Crippen LogP contribution in [0.4, 0.5) is 18.3 Å². The predicted octanol–water partition coefficient (Wildman–Crippen LogP) is 3.61. The highest BCUT2D eigenvalue weighted by molar-refractivity contribution is 7.15. The Balaban J connectivity index is 2.08. The van der Waals surface area contributed by atoms with Gasteiger partial charge in [-0.05, 0) is 37.0 Å². The maximum Gasteiger partial charge on any atom is 0.194 e. The van der Waals surface area contributed by atoms with E-state index in [1.54, 1.807) is 0 Å². The van der Waals surface area contributed by atoms with Gasteiger partial charge in [0.25, 0.3) is 0 Å². The number of aromatic nitrogens is 1. The Morgan fingerprint density at radius 2 is 1.89 bits per heavy atom. The van der Waals surface area contributed by atoms with Crippen LogP contribution >= 0.6 is 11.3 Å². The van der Waals surface area contributed by atoms with Crippen LogP contribution in [0, 0.1) is 17.5 Å². The topological polar surface area (TPSA) is 38.9 Å². The van der Waals surface area contributed by atoms with Crippen LogP contribution in [-0.4, -0.2) is 4.98 Å². The number of nitrogens with zero attached hydrogens (tertiary/aromatic N) is 1. The van der Waals surface area contributed by atoms with E-state index in [4.69, 9.17) is 5.73 Å². The van der Waals surface area contributed by atoms with E-state index in [1.165, 1.54) is 11.3 Å². The number of thiazole rings is 1. The number of hydrogen-bond acceptors (Lipinski definition) is 3. The Hall–Kier alpha value is -1.56. The summed E-state index contributed by atoms with van der Waals surface area (Å²) in [6, 6.07) is 2.13. The zero-order valence-corrected chi connectivity index (χ0v) is 10.7. The van der Waals surface area contributed by atoms with Gasteiger partial charge in [0.05, 0.1) is 5.69 Å². The molecule has 0 aliphatic heterocycles. The van der Waals surface area contributed by atoms with E-state index < -0.39 is 17.5 Å². The van der Waals surface area contributed by atoms with Crippen molar-refractivity contribution in [3.8, 4) is 0 Å². The summed E-state index contributed by atoms with van der Waals surface area (Å²) in [7, 11) is 0. The second-order valence-corrected chi connectivity index (χ2v) is 5.67. The number of anilines is 1. The molecule has 1 aromatic carbocycles. The van der Waals surface area contributed by atoms with Crippen LogP contribution in [0.15, 0.2) is 12.1 Å². The zero-order chi connectivity index (χ0) is 13.6. The number of aryl methyl sites for hydroxylation is 1. The van der Waals surface area contributed by atoms with E-state index in [0.717, 1.165) is 42.0 Å². The standard InChI is InChI=1S/C13H11F3N2S/c14-8-4-6(5-9(15)11(8)16)7-2-1-3-10-12(7)19-13(17)18-10/h4-5,7H,1-3H2,(H2,17,18). The first-order valence-corrected chi connectivity index (χ1v) is 6.77. The third kappa shape index (κ3) is 2.10. The molecule has 2 N–H and O–H groups in total. The Bertz CT molecular complexity index is 616. The van der Waals surface area contributed by atoms with E-state index in [1.807, 2.05) is 0 Å². The van der Waals surface area contributed by atoms with Crippen molar-refractivity contribution in [2.75, 3.05) is 5.73 Å². The van der Waals surface area contributed by atoms with Gasteiger partial charge in [0.2, 0.25) is 0 Å². The van der Waals surface area contributed by atoms with Crippen LogP contribution in [0.25, 0.3) is 0 Å². The minimum absolute atomic E-state index is 0.150. The maximum atomic E-state index is 13.3. The Kier molecular flexibility index (Phi) is 2.97. The Labute approximate surface area is 112 Å². The van der Waals surface area contributed by atoms with Crippen LogP contribution in [-0.2, 0) is 6.42 Å². The van der Waals surface area contributed by atoms with Gasteiger partial charge in [0.1, 0.15) is 0 Å². The van der Waals surface area contributed by atoms with Gasteiger partial charge in [-0.1, -0.05) is 0 Å². The number of halogens is 3. The number of fused-ring (bicyclic) bond motifs is 1. The van der Waals surface area contributed by atoms with Crippen LogP contribution in [0.2, 0.25) is 0 Å². The molecular weight excluding hydrogens is 273 g/mol. The van der Waals surface area contributed by atoms with Crippen molar-refractivity contribution >= 4 is 16.5 Å². The lowest BCUT2D eigenvalue weighted by Gasteiger charge is -2.21. The van der Waals surface area contributed by atoms with Gasteiger partial charge in [0, 0.05) is 10.8 Å². The van der Waals surface area contributed by atoms with Crippen molar-refractivity contribution in [3.63, 3.8) is 0 Å². The SMILES string of the molecule is Nc1nc2c(s1)C(c1cc(F)c(F)c(F)c1)CCC2. The first-order chi connectivity index (χ1) is 9.06. The normalized spacial score (nSPS) is 18.4. The van der Waals surface area contributed by atoms with Gasteiger partial charge in [-0.2, -0.15) is 0 Å². The van der Waals surface area contributed by atoms with Gasteiger partial charge >= 0.3 is 0 Å². The van der Waals surface area contributed by atoms with Crippen molar-refractivity contribution in [2.24, 2.45) is 0 Å². The molecule has 1 heterocycles. The summed E-state index contributed by atoms with van der Waals surface area (Å²) < 4.78 is 39.6. The highest BCUT2D eigenvalue weighted by atomic mass is 32.1. The molecule has 1 aliphatic rings. The van der Waals surface area contributed by atoms with Gasteiger partial charge in [-0.3, -0.25) is 0 Å². The fourth-order valence-corrected chi connectivity index (χ4v) is 3.58. The van der Waals surface area contributed by atoms with Gasteiger partial charge in [0.15, 0.2) is 22.6 Å². The first kappa shape index (κ1) is 12.5. The Morgan fingerprint density at radius 3 is 2.58 bits per heavy atom. The molecule has 0 amide bonds. The maximum absolute atomic E-state index is 13.3. The molecule has 1 aromatic heterocycles. The predicted molar refractivity (Wildman–Crippen MR) is 67.6 cm³/mol. The van der Waals surface area contributed by atoms with Crippen LogP contribution in [0.1, 0.15) is 34.9 Å². The van der Waals surface area contributed by atoms with Crippen LogP contribution < -0.4 is 5.73 Å². The molecule has 0 fully saturated rings. The van der Waals surface area contributed by atoms with Crippen molar-refractivity contribution in [3.05, 3.63) is 45.7 Å². The third-order valence-corrected chi connectivity index (χ3v) is 4.42. The lowest BCUT2D eigenvalue weighted by molar-refractivity contribution is 0.443. The van der Waals surface area contributed by atoms with E-state index >= 15 is 0 Å². The van der Waals surface area contributed by atoms with E-state index in [9.17, 15) is 13.2 Å². The second kappa shape index (κ2) is 4.52. The highest BCUT2D eigenvalue weighted by Crippen LogP contribution is 2.41. The molecule has 19 heavy (non-hydrogen) atoms. The van der Waals surface area contributed by atoms with Gasteiger partial charge < -0.3 is 5.73 Å². The lowest BCUT2D eigenvalue weighted by Crippen LogP contribution is -2.10. The average Bonchev–Trinajstić information content (AvgIpc) is 2.75. The van der Waals surface area contributed by atoms with E-state index in [0.29, 0.717) is 10.7 Å². The largest absolute Gasteiger partial charge is 0.375 e. The number of nitrogen functional groups attached to an aromatic ring is 1. The highest BCUT2D eigenvalue weighted by Gasteiger charge is 2.27. The van der Waals surface area contributed by atoms with Crippen molar-refractivity contribution in [2.45, 2.75) is 25.2 Å². The van der Waals surface area contributed by atoms with Crippen molar-refractivity contribution in [1.82, 2.24) is 4.98 Å². The number of benzene rings is 1. The summed E-state index contributed by atoms with van der Waals surface area (Å²) in [6.07, 6.45) is 2.46. The van der Waals surface area contributed by atoms with Gasteiger partial charge in [-0.25, -0.2) is 18.2 Å². The minimum atomic E-state index is -1.43. The molecule has 0 radical (unpaired) electrons. The molecule has 0 saturated heterocycles. The van der Waals surface area contributed by atoms with Crippen molar-refractivity contribution in [1.29, 1.82) is 0 Å². The number of hydrogen-bond donors (Lipinski definition) is 1. The Morgan fingerprint density at radius 1 is 1.21 bits per heavy atom. The molecule has 0 spiro atoms. The summed E-state index contributed by atoms with van der Waals surface area (Å²) in [5.74, 6) is -3.88. The summed E-state index contributed by atoms with van der Waals surface area (Å²) in [4.78, 5) is 5.16. The molecule has 2 aromatic rings. The molecule has 1 atom stereocenters. The fraction of sp³-hybridized carbons (Fsp3) is 0.308. The molecule has 100 valence electrons. The summed E-state index contributed by atoms with van der Waals surface area (Å²) in [5.41, 5.74) is 7.02. The van der Waals surface area contributed by atoms with Crippen molar-refractivity contribution < 1.29 is 13.2 Å². The molecule has 6 heteroatoms. The second-order valence-electron chi connectivity index (χ2n) is 4.61. The number of nitrogens with two attached hydrogens (primary N) is 1. The monoisotopic (exact) mass is 284 g/mol. The molecule has 1 unspecified atom stereocenters. The first-order valence-electron chi connectivity index (χ1n) is 5.95. The fourth-order valence-electron chi connectivity index (χ4n) is 2.53. The van der Waals surface area contributed by atoms with Crippen LogP contribution in [0.5, 0.6) is 0 Å². The van der Waals surface area contributed by atoms with E-state index in [2.05, 4.69) is 4.98 Å². The molecule has 0 bridgehead atoms. The van der Waals surface area contributed by atoms with Gasteiger partial charge in [-0.15, -0.1) is 11.3 Å². The third-order valence-electron chi connectivity index (χ3n) is 3.38. The summed E-state index contributed by atoms with van der Waals surface area (Å²) in [5, 5.41) is 0.458. The zero-order valence-electron chi connectivity index (χ0n) is 9.92. The lowest BCUT2D eigenvalue weighted by atomic mass is 9.86. The van der Waals surface area contributed by atoms with Crippen LogP contribution in [0.3, 0.4) is 0 Å². The average molecular weight is 284 g/mol. The molecule has 2 nitrogen and oxygen atoms in total. The minimum Gasteiger partial charge on any atom is -0.375 e. The molecule has 0 saturated carbocycles. The summed E-state index contributed by atoms with van der Waals surface area (Å²) in [6.45, 7) is 0. The molecular formula is C13H11F3N2S. The smallest absolute Gasteiger partial charge is 0.194 e. The molecule has 1 aliphatic carbocycles. The van der Waals surface area contributed by atoms with E-state index in [-0.39, 0.29) is 5.92 Å². The number of rotatable bonds is 1. The summed E-state index contributed by atoms with van der Waals surface area (Å²) >= 11 is 1.34. The molecule has 3 rings (SSSR count).